The summed E-state index contributed by atoms with van der Waals surface area (Å²) in [7, 11) is -9.68. The van der Waals surface area contributed by atoms with Gasteiger partial charge >= 0.3 is 27.6 Å². The van der Waals surface area contributed by atoms with Crippen molar-refractivity contribution < 1.29 is 66.3 Å². The number of hydrogen-bond acceptors (Lipinski definition) is 11. The van der Waals surface area contributed by atoms with Crippen LogP contribution in [-0.4, -0.2) is 82.6 Å². The molecule has 55 heavy (non-hydrogen) atoms. The maximum absolute atomic E-state index is 12.6. The molecule has 0 saturated carbocycles. The van der Waals surface area contributed by atoms with Gasteiger partial charge in [0.1, 0.15) is 12.7 Å². The number of unbranched alkanes of at least 4 members (excludes halogenated alkanes) is 8. The van der Waals surface area contributed by atoms with Gasteiger partial charge < -0.3 is 34.0 Å². The Morgan fingerprint density at radius 1 is 0.709 bits per heavy atom. The number of rotatable bonds is 36. The van der Waals surface area contributed by atoms with E-state index in [-0.39, 0.29) is 12.8 Å². The molecule has 1 aliphatic rings. The normalized spacial score (nSPS) is 18.8. The van der Waals surface area contributed by atoms with Crippen LogP contribution >= 0.6 is 15.6 Å². The van der Waals surface area contributed by atoms with Crippen LogP contribution in [0.2, 0.25) is 0 Å². The molecule has 4 unspecified atom stereocenters. The number of phosphoric acid groups is 2. The lowest BCUT2D eigenvalue weighted by Gasteiger charge is -2.20. The highest BCUT2D eigenvalue weighted by atomic mass is 31.2. The van der Waals surface area contributed by atoms with Gasteiger partial charge in [0.25, 0.3) is 0 Å². The zero-order valence-corrected chi connectivity index (χ0v) is 35.2. The Balaban J connectivity index is 2.40. The fourth-order valence-corrected chi connectivity index (χ4v) is 6.56. The first-order chi connectivity index (χ1) is 26.2. The van der Waals surface area contributed by atoms with Gasteiger partial charge in [-0.2, -0.15) is 0 Å². The molecule has 14 nitrogen and oxygen atoms in total. The Morgan fingerprint density at radius 2 is 1.33 bits per heavy atom. The average Bonchev–Trinajstić information content (AvgIpc) is 3.89. The Morgan fingerprint density at radius 3 is 2.02 bits per heavy atom. The van der Waals surface area contributed by atoms with E-state index in [1.807, 2.05) is 12.2 Å². The standard InChI is InChI=1S/C39H70O14P2/c1-4-6-19-25-36-37(53-36)26-21-16-11-9-7-8-10-12-17-22-27-38(41)48-31-35(32-51-55(46,47)50-30-34(40)29-49-54(43,44)45)52-39(42)28-23-18-14-13-15-20-24-33(3)5-2/h7,9-10,12,16,21,33-37,40H,4-6,8,11,13-15,17-20,22-32H2,1-3H3,(H,46,47)(H2,43,44,45)/b9-7-,12-10-,21-16-/t33?,34-,35+,36?,37?/m0/s1. The molecule has 0 spiro atoms. The molecule has 1 rings (SSSR count). The Bertz CT molecular complexity index is 1200. The first-order valence-electron chi connectivity index (χ1n) is 20.2. The number of aliphatic hydroxyl groups is 1. The van der Waals surface area contributed by atoms with Crippen molar-refractivity contribution in [3.05, 3.63) is 36.5 Å². The van der Waals surface area contributed by atoms with Crippen LogP contribution in [0.4, 0.5) is 0 Å². The molecule has 0 radical (unpaired) electrons. The largest absolute Gasteiger partial charge is 0.472 e. The van der Waals surface area contributed by atoms with Crippen molar-refractivity contribution in [3.63, 3.8) is 0 Å². The van der Waals surface area contributed by atoms with Gasteiger partial charge in [0.15, 0.2) is 6.10 Å². The van der Waals surface area contributed by atoms with Crippen LogP contribution in [-0.2, 0) is 46.5 Å². The van der Waals surface area contributed by atoms with E-state index in [4.69, 9.17) is 28.5 Å². The summed E-state index contributed by atoms with van der Waals surface area (Å²) in [5, 5.41) is 9.72. The second-order valence-electron chi connectivity index (χ2n) is 14.2. The molecule has 0 aromatic heterocycles. The predicted molar refractivity (Wildman–Crippen MR) is 211 cm³/mol. The van der Waals surface area contributed by atoms with E-state index in [9.17, 15) is 28.7 Å². The number of carbonyl (C=O) groups excluding carboxylic acids is 2. The van der Waals surface area contributed by atoms with Crippen LogP contribution in [0.1, 0.15) is 143 Å². The third-order valence-electron chi connectivity index (χ3n) is 8.99. The van der Waals surface area contributed by atoms with Gasteiger partial charge in [-0.3, -0.25) is 23.2 Å². The highest BCUT2D eigenvalue weighted by Crippen LogP contribution is 2.44. The second-order valence-corrected chi connectivity index (χ2v) is 16.9. The highest BCUT2D eigenvalue weighted by molar-refractivity contribution is 7.47. The number of carbonyl (C=O) groups is 2. The summed E-state index contributed by atoms with van der Waals surface area (Å²) in [5.74, 6) is -0.372. The number of aliphatic hydroxyl groups excluding tert-OH is 1. The van der Waals surface area contributed by atoms with Crippen LogP contribution < -0.4 is 0 Å². The van der Waals surface area contributed by atoms with Crippen molar-refractivity contribution in [1.29, 1.82) is 0 Å². The summed E-state index contributed by atoms with van der Waals surface area (Å²) in [5.41, 5.74) is 0. The molecule has 0 aromatic carbocycles. The van der Waals surface area contributed by atoms with E-state index < -0.39 is 66.2 Å². The van der Waals surface area contributed by atoms with Gasteiger partial charge in [0.05, 0.1) is 32.0 Å². The summed E-state index contributed by atoms with van der Waals surface area (Å²) >= 11 is 0. The second kappa shape index (κ2) is 31.3. The minimum Gasteiger partial charge on any atom is -0.462 e. The van der Waals surface area contributed by atoms with Crippen molar-refractivity contribution in [2.45, 2.75) is 167 Å². The number of phosphoric ester groups is 2. The molecule has 0 amide bonds. The van der Waals surface area contributed by atoms with Crippen molar-refractivity contribution in [1.82, 2.24) is 0 Å². The first kappa shape index (κ1) is 51.3. The number of esters is 2. The molecule has 1 saturated heterocycles. The molecular formula is C39H70O14P2. The average molecular weight is 825 g/mol. The van der Waals surface area contributed by atoms with Crippen LogP contribution in [0, 0.1) is 5.92 Å². The summed E-state index contributed by atoms with van der Waals surface area (Å²) in [6, 6.07) is 0. The van der Waals surface area contributed by atoms with Crippen LogP contribution in [0.5, 0.6) is 0 Å². The van der Waals surface area contributed by atoms with Crippen molar-refractivity contribution in [2.75, 3.05) is 26.4 Å². The lowest BCUT2D eigenvalue weighted by atomic mass is 10.00. The third kappa shape index (κ3) is 32.0. The first-order valence-corrected chi connectivity index (χ1v) is 23.2. The highest BCUT2D eigenvalue weighted by Gasteiger charge is 2.36. The van der Waals surface area contributed by atoms with E-state index in [0.29, 0.717) is 31.5 Å². The minimum absolute atomic E-state index is 0.115. The zero-order valence-electron chi connectivity index (χ0n) is 33.4. The molecule has 1 heterocycles. The lowest BCUT2D eigenvalue weighted by molar-refractivity contribution is -0.161. The van der Waals surface area contributed by atoms with Crippen LogP contribution in [0.3, 0.4) is 0 Å². The van der Waals surface area contributed by atoms with Crippen molar-refractivity contribution >= 4 is 27.6 Å². The molecule has 16 heteroatoms. The van der Waals surface area contributed by atoms with Crippen molar-refractivity contribution in [2.24, 2.45) is 5.92 Å². The van der Waals surface area contributed by atoms with E-state index in [0.717, 1.165) is 50.9 Å². The number of ether oxygens (including phenoxy) is 3. The Labute approximate surface area is 329 Å². The molecule has 0 aromatic rings. The molecule has 6 atom stereocenters. The van der Waals surface area contributed by atoms with Gasteiger partial charge in [-0.05, 0) is 50.9 Å². The maximum atomic E-state index is 12.6. The molecule has 4 N–H and O–H groups in total. The number of epoxide rings is 1. The topological polar surface area (TPSA) is 208 Å². The maximum Gasteiger partial charge on any atom is 0.472 e. The van der Waals surface area contributed by atoms with Crippen LogP contribution in [0.15, 0.2) is 36.5 Å². The molecule has 0 bridgehead atoms. The predicted octanol–water partition coefficient (Wildman–Crippen LogP) is 8.57. The Kier molecular flexibility index (Phi) is 29.2. The van der Waals surface area contributed by atoms with E-state index in [1.165, 1.54) is 44.9 Å². The molecule has 320 valence electrons. The van der Waals surface area contributed by atoms with Gasteiger partial charge in [-0.1, -0.05) is 121 Å². The smallest absolute Gasteiger partial charge is 0.462 e. The fourth-order valence-electron chi connectivity index (χ4n) is 5.41. The van der Waals surface area contributed by atoms with E-state index in [1.54, 1.807) is 0 Å². The quantitative estimate of drug-likeness (QED) is 0.0154. The van der Waals surface area contributed by atoms with Gasteiger partial charge in [0.2, 0.25) is 0 Å². The lowest BCUT2D eigenvalue weighted by Crippen LogP contribution is -2.30. The monoisotopic (exact) mass is 824 g/mol. The van der Waals surface area contributed by atoms with E-state index in [2.05, 4.69) is 54.1 Å². The number of allylic oxidation sites excluding steroid dienone is 5. The minimum atomic E-state index is -4.86. The molecular weight excluding hydrogens is 754 g/mol. The van der Waals surface area contributed by atoms with Crippen molar-refractivity contribution in [3.8, 4) is 0 Å². The summed E-state index contributed by atoms with van der Waals surface area (Å²) in [4.78, 5) is 52.5. The molecule has 1 fully saturated rings. The molecule has 1 aliphatic heterocycles. The van der Waals surface area contributed by atoms with Crippen LogP contribution in [0.25, 0.3) is 0 Å². The molecule has 0 aliphatic carbocycles. The summed E-state index contributed by atoms with van der Waals surface area (Å²) in [6.07, 6.45) is 27.8. The Hall–Kier alpha value is -1.70. The van der Waals surface area contributed by atoms with E-state index >= 15 is 0 Å². The summed E-state index contributed by atoms with van der Waals surface area (Å²) in [6.45, 7) is 3.88. The van der Waals surface area contributed by atoms with Gasteiger partial charge in [0, 0.05) is 12.8 Å². The van der Waals surface area contributed by atoms with Gasteiger partial charge in [-0.15, -0.1) is 0 Å². The summed E-state index contributed by atoms with van der Waals surface area (Å²) < 4.78 is 53.3. The van der Waals surface area contributed by atoms with Gasteiger partial charge in [-0.25, -0.2) is 9.13 Å². The third-order valence-corrected chi connectivity index (χ3v) is 10.4. The fraction of sp³-hybridized carbons (Fsp3) is 0.795. The number of hydrogen-bond donors (Lipinski definition) is 4. The zero-order chi connectivity index (χ0) is 40.8. The SMILES string of the molecule is CCCCCC1OC1C/C=C\C/C=C\C/C=C\CCCC(=O)OC[C@H](COP(=O)(O)OC[C@@H](O)COP(=O)(O)O)OC(=O)CCCCCCCCC(C)CC.